The molecule has 0 aromatic carbocycles. The highest BCUT2D eigenvalue weighted by Gasteiger charge is 2.16. The van der Waals surface area contributed by atoms with Crippen LogP contribution in [0.4, 0.5) is 4.39 Å². The summed E-state index contributed by atoms with van der Waals surface area (Å²) in [5.41, 5.74) is 0. The number of nitrogens with zero attached hydrogens (tertiary/aromatic N) is 1. The average Bonchev–Trinajstić information content (AvgIpc) is 1.88. The second kappa shape index (κ2) is 3.16. The maximum Gasteiger partial charge on any atom is 0.116 e. The summed E-state index contributed by atoms with van der Waals surface area (Å²) in [6.45, 7) is 4.69. The third kappa shape index (κ3) is 1.94. The molecule has 0 bridgehead atoms. The van der Waals surface area contributed by atoms with Crippen LogP contribution in [0.5, 0.6) is 0 Å². The monoisotopic (exact) mass is 130 g/mol. The molecule has 1 saturated heterocycles. The summed E-state index contributed by atoms with van der Waals surface area (Å²) >= 11 is 0. The molecule has 1 nitrogen and oxygen atoms in total. The number of rotatable bonds is 1. The zero-order chi connectivity index (χ0) is 6.69. The van der Waals surface area contributed by atoms with Crippen LogP contribution in [0.25, 0.3) is 0 Å². The first-order chi connectivity index (χ1) is 4.33. The summed E-state index contributed by atoms with van der Waals surface area (Å²) in [5, 5.41) is 0. The Bertz CT molecular complexity index is 85.0. The van der Waals surface area contributed by atoms with Crippen LogP contribution in [0.1, 0.15) is 13.3 Å². The van der Waals surface area contributed by atoms with E-state index in [4.69, 9.17) is 0 Å². The number of piperidine rings is 1. The fourth-order valence-electron chi connectivity index (χ4n) is 1.14. The number of likely N-dealkylation sites (tertiary alicyclic amines) is 1. The molecule has 1 rings (SSSR count). The zero-order valence-electron chi connectivity index (χ0n) is 5.81. The Hall–Kier alpha value is -0.110. The van der Waals surface area contributed by atoms with Crippen molar-refractivity contribution < 1.29 is 4.39 Å². The Morgan fingerprint density at radius 2 is 2.56 bits per heavy atom. The minimum Gasteiger partial charge on any atom is -0.301 e. The molecular formula is C7H13FN. The van der Waals surface area contributed by atoms with E-state index in [1.165, 1.54) is 0 Å². The van der Waals surface area contributed by atoms with E-state index in [1.807, 2.05) is 0 Å². The van der Waals surface area contributed by atoms with Crippen LogP contribution in [0, 0.1) is 6.42 Å². The molecule has 0 amide bonds. The molecule has 1 aliphatic heterocycles. The van der Waals surface area contributed by atoms with E-state index in [1.54, 1.807) is 6.42 Å². The van der Waals surface area contributed by atoms with E-state index in [0.29, 0.717) is 6.54 Å². The third-order valence-electron chi connectivity index (χ3n) is 1.75. The third-order valence-corrected chi connectivity index (χ3v) is 1.75. The van der Waals surface area contributed by atoms with Crippen molar-refractivity contribution in [3.63, 3.8) is 0 Å². The summed E-state index contributed by atoms with van der Waals surface area (Å²) in [5.74, 6) is 0. The Balaban J connectivity index is 2.23. The molecule has 0 N–H and O–H groups in total. The van der Waals surface area contributed by atoms with Gasteiger partial charge in [0.2, 0.25) is 0 Å². The molecule has 2 heteroatoms. The molecule has 1 heterocycles. The number of halogens is 1. The Morgan fingerprint density at radius 1 is 1.78 bits per heavy atom. The fraction of sp³-hybridized carbons (Fsp3) is 0.857. The van der Waals surface area contributed by atoms with Crippen LogP contribution in [0.15, 0.2) is 0 Å². The van der Waals surface area contributed by atoms with Crippen LogP contribution in [0.2, 0.25) is 0 Å². The van der Waals surface area contributed by atoms with Crippen molar-refractivity contribution >= 4 is 0 Å². The van der Waals surface area contributed by atoms with Crippen molar-refractivity contribution in [1.82, 2.24) is 4.90 Å². The van der Waals surface area contributed by atoms with Crippen LogP contribution < -0.4 is 0 Å². The van der Waals surface area contributed by atoms with Gasteiger partial charge in [-0.25, -0.2) is 4.39 Å². The lowest BCUT2D eigenvalue weighted by Gasteiger charge is -2.26. The largest absolute Gasteiger partial charge is 0.301 e. The van der Waals surface area contributed by atoms with Crippen molar-refractivity contribution in [1.29, 1.82) is 0 Å². The minimum atomic E-state index is -0.682. The van der Waals surface area contributed by atoms with Gasteiger partial charge in [0, 0.05) is 6.54 Å². The van der Waals surface area contributed by atoms with Gasteiger partial charge in [0.15, 0.2) is 0 Å². The molecule has 0 aromatic heterocycles. The molecule has 1 fully saturated rings. The van der Waals surface area contributed by atoms with E-state index in [-0.39, 0.29) is 0 Å². The van der Waals surface area contributed by atoms with E-state index < -0.39 is 6.17 Å². The maximum absolute atomic E-state index is 12.5. The SMILES string of the molecule is CCN1CC[CH]C(F)C1. The van der Waals surface area contributed by atoms with Gasteiger partial charge in [-0.3, -0.25) is 0 Å². The van der Waals surface area contributed by atoms with E-state index in [2.05, 4.69) is 11.8 Å². The molecule has 0 spiro atoms. The normalized spacial score (nSPS) is 30.7. The van der Waals surface area contributed by atoms with Crippen molar-refractivity contribution in [2.24, 2.45) is 0 Å². The predicted molar refractivity (Wildman–Crippen MR) is 35.9 cm³/mol. The first kappa shape index (κ1) is 7.00. The second-order valence-corrected chi connectivity index (χ2v) is 2.43. The lowest BCUT2D eigenvalue weighted by Crippen LogP contribution is -2.36. The molecule has 9 heavy (non-hydrogen) atoms. The van der Waals surface area contributed by atoms with Crippen molar-refractivity contribution in [2.45, 2.75) is 19.5 Å². The van der Waals surface area contributed by atoms with Crippen molar-refractivity contribution in [3.05, 3.63) is 6.42 Å². The topological polar surface area (TPSA) is 3.24 Å². The zero-order valence-corrected chi connectivity index (χ0v) is 5.81. The first-order valence-electron chi connectivity index (χ1n) is 3.52. The summed E-state index contributed by atoms with van der Waals surface area (Å²) in [7, 11) is 0. The van der Waals surface area contributed by atoms with E-state index >= 15 is 0 Å². The summed E-state index contributed by atoms with van der Waals surface area (Å²) < 4.78 is 12.5. The molecule has 0 aliphatic carbocycles. The molecule has 0 aromatic rings. The highest BCUT2D eigenvalue weighted by atomic mass is 19.1. The molecule has 1 atom stereocenters. The van der Waals surface area contributed by atoms with Gasteiger partial charge in [0.05, 0.1) is 0 Å². The number of hydrogen-bond acceptors (Lipinski definition) is 1. The van der Waals surface area contributed by atoms with Gasteiger partial charge in [0.1, 0.15) is 6.17 Å². The summed E-state index contributed by atoms with van der Waals surface area (Å²) in [6, 6.07) is 0. The van der Waals surface area contributed by atoms with Gasteiger partial charge in [-0.15, -0.1) is 0 Å². The van der Waals surface area contributed by atoms with Gasteiger partial charge >= 0.3 is 0 Å². The van der Waals surface area contributed by atoms with Crippen LogP contribution in [-0.4, -0.2) is 30.7 Å². The van der Waals surface area contributed by atoms with Gasteiger partial charge in [-0.05, 0) is 25.9 Å². The highest BCUT2D eigenvalue weighted by Crippen LogP contribution is 2.10. The number of hydrogen-bond donors (Lipinski definition) is 0. The second-order valence-electron chi connectivity index (χ2n) is 2.43. The van der Waals surface area contributed by atoms with Crippen LogP contribution >= 0.6 is 0 Å². The van der Waals surface area contributed by atoms with Gasteiger partial charge in [0.25, 0.3) is 0 Å². The predicted octanol–water partition coefficient (Wildman–Crippen LogP) is 1.25. The van der Waals surface area contributed by atoms with Gasteiger partial charge < -0.3 is 4.90 Å². The summed E-state index contributed by atoms with van der Waals surface area (Å²) in [6.07, 6.45) is 1.99. The van der Waals surface area contributed by atoms with Crippen molar-refractivity contribution in [3.8, 4) is 0 Å². The van der Waals surface area contributed by atoms with E-state index in [9.17, 15) is 4.39 Å². The average molecular weight is 130 g/mol. The molecule has 53 valence electrons. The minimum absolute atomic E-state index is 0.608. The smallest absolute Gasteiger partial charge is 0.116 e. The highest BCUT2D eigenvalue weighted by molar-refractivity contribution is 4.84. The summed E-state index contributed by atoms with van der Waals surface area (Å²) in [4.78, 5) is 2.13. The van der Waals surface area contributed by atoms with Gasteiger partial charge in [-0.2, -0.15) is 0 Å². The Kier molecular flexibility index (Phi) is 2.46. The van der Waals surface area contributed by atoms with Crippen molar-refractivity contribution in [2.75, 3.05) is 19.6 Å². The molecule has 1 unspecified atom stereocenters. The molecule has 1 aliphatic rings. The first-order valence-corrected chi connectivity index (χ1v) is 3.52. The lowest BCUT2D eigenvalue weighted by atomic mass is 10.1. The van der Waals surface area contributed by atoms with Gasteiger partial charge in [-0.1, -0.05) is 6.92 Å². The maximum atomic E-state index is 12.5. The van der Waals surface area contributed by atoms with Crippen LogP contribution in [0.3, 0.4) is 0 Å². The quantitative estimate of drug-likeness (QED) is 0.516. The standard InChI is InChI=1S/C7H13FN/c1-2-9-5-3-4-7(8)6-9/h4,7H,2-3,5-6H2,1H3. The Labute approximate surface area is 55.8 Å². The van der Waals surface area contributed by atoms with Crippen LogP contribution in [-0.2, 0) is 0 Å². The molecule has 1 radical (unpaired) electrons. The Morgan fingerprint density at radius 3 is 3.00 bits per heavy atom. The van der Waals surface area contributed by atoms with E-state index in [0.717, 1.165) is 19.5 Å². The number of alkyl halides is 1. The molecule has 0 saturated carbocycles. The lowest BCUT2D eigenvalue weighted by molar-refractivity contribution is 0.183. The fourth-order valence-corrected chi connectivity index (χ4v) is 1.14. The molecular weight excluding hydrogens is 117 g/mol.